The molecule has 1 amide bonds. The fourth-order valence-corrected chi connectivity index (χ4v) is 6.16. The van der Waals surface area contributed by atoms with E-state index in [0.29, 0.717) is 5.92 Å². The van der Waals surface area contributed by atoms with Crippen LogP contribution in [-0.2, 0) is 12.0 Å². The second-order valence-electron chi connectivity index (χ2n) is 9.89. The lowest BCUT2D eigenvalue weighted by atomic mass is 9.93. The first-order chi connectivity index (χ1) is 16.1. The first kappa shape index (κ1) is 20.8. The molecule has 2 fully saturated rings. The highest BCUT2D eigenvalue weighted by molar-refractivity contribution is 6.30. The number of para-hydroxylation sites is 1. The van der Waals surface area contributed by atoms with Crippen LogP contribution >= 0.6 is 11.6 Å². The van der Waals surface area contributed by atoms with Crippen molar-refractivity contribution in [3.8, 4) is 0 Å². The summed E-state index contributed by atoms with van der Waals surface area (Å²) in [7, 11) is 0. The van der Waals surface area contributed by atoms with E-state index in [-0.39, 0.29) is 11.3 Å². The van der Waals surface area contributed by atoms with Gasteiger partial charge in [0.25, 0.3) is 5.91 Å². The second-order valence-corrected chi connectivity index (χ2v) is 10.3. The van der Waals surface area contributed by atoms with E-state index in [9.17, 15) is 4.79 Å². The summed E-state index contributed by atoms with van der Waals surface area (Å²) in [5.41, 5.74) is 6.39. The van der Waals surface area contributed by atoms with Crippen LogP contribution in [0.5, 0.6) is 0 Å². The molecule has 3 nitrogen and oxygen atoms in total. The average molecular weight is 457 g/mol. The lowest BCUT2D eigenvalue weighted by Crippen LogP contribution is -2.35. The van der Waals surface area contributed by atoms with E-state index < -0.39 is 0 Å². The number of nitrogens with zero attached hydrogens (tertiary/aromatic N) is 2. The van der Waals surface area contributed by atoms with Crippen molar-refractivity contribution < 1.29 is 4.79 Å². The molecule has 2 aliphatic heterocycles. The van der Waals surface area contributed by atoms with Gasteiger partial charge in [0.1, 0.15) is 0 Å². The fourth-order valence-electron chi connectivity index (χ4n) is 6.03. The Balaban J connectivity index is 1.24. The third kappa shape index (κ3) is 3.73. The fraction of sp³-hybridized carbons (Fsp3) is 0.345. The Hall–Kier alpha value is -2.78. The Morgan fingerprint density at radius 2 is 1.73 bits per heavy atom. The van der Waals surface area contributed by atoms with Gasteiger partial charge in [-0.15, -0.1) is 0 Å². The van der Waals surface area contributed by atoms with Crippen molar-refractivity contribution in [2.75, 3.05) is 24.5 Å². The molecule has 3 aliphatic rings. The van der Waals surface area contributed by atoms with Crippen molar-refractivity contribution in [3.05, 3.63) is 100 Å². The van der Waals surface area contributed by atoms with E-state index in [2.05, 4.69) is 53.4 Å². The molecule has 168 valence electrons. The van der Waals surface area contributed by atoms with Gasteiger partial charge in [-0.3, -0.25) is 4.79 Å². The molecule has 2 heterocycles. The third-order valence-electron chi connectivity index (χ3n) is 7.79. The summed E-state index contributed by atoms with van der Waals surface area (Å²) >= 11 is 6.13. The quantitative estimate of drug-likeness (QED) is 0.452. The molecule has 4 heteroatoms. The predicted molar refractivity (Wildman–Crippen MR) is 134 cm³/mol. The van der Waals surface area contributed by atoms with Crippen molar-refractivity contribution in [3.63, 3.8) is 0 Å². The highest BCUT2D eigenvalue weighted by atomic mass is 35.5. The number of piperidine rings is 1. The van der Waals surface area contributed by atoms with Crippen molar-refractivity contribution in [2.24, 2.45) is 0 Å². The monoisotopic (exact) mass is 456 g/mol. The Labute approximate surface area is 201 Å². The van der Waals surface area contributed by atoms with E-state index in [1.165, 1.54) is 35.2 Å². The molecular formula is C29H29ClN2O. The van der Waals surface area contributed by atoms with Crippen molar-refractivity contribution >= 4 is 23.2 Å². The van der Waals surface area contributed by atoms with Gasteiger partial charge in [0, 0.05) is 47.9 Å². The topological polar surface area (TPSA) is 23.6 Å². The van der Waals surface area contributed by atoms with Gasteiger partial charge in [-0.25, -0.2) is 0 Å². The van der Waals surface area contributed by atoms with E-state index >= 15 is 0 Å². The van der Waals surface area contributed by atoms with Crippen LogP contribution in [0, 0.1) is 0 Å². The Morgan fingerprint density at radius 3 is 2.55 bits per heavy atom. The van der Waals surface area contributed by atoms with Crippen molar-refractivity contribution in [2.45, 2.75) is 43.6 Å². The number of carbonyl (C=O) groups is 1. The molecule has 3 aromatic rings. The van der Waals surface area contributed by atoms with Crippen LogP contribution in [0.4, 0.5) is 5.69 Å². The van der Waals surface area contributed by atoms with E-state index in [1.807, 2.05) is 29.2 Å². The van der Waals surface area contributed by atoms with Gasteiger partial charge in [-0.05, 0) is 78.6 Å². The molecule has 0 N–H and O–H groups in total. The Morgan fingerprint density at radius 1 is 0.939 bits per heavy atom. The molecule has 2 atom stereocenters. The summed E-state index contributed by atoms with van der Waals surface area (Å²) < 4.78 is 0. The first-order valence-electron chi connectivity index (χ1n) is 12.1. The minimum Gasteiger partial charge on any atom is -0.366 e. The lowest BCUT2D eigenvalue weighted by Gasteiger charge is -2.27. The zero-order valence-corrected chi connectivity index (χ0v) is 19.6. The molecule has 3 aromatic carbocycles. The molecule has 0 radical (unpaired) electrons. The number of amides is 1. The summed E-state index contributed by atoms with van der Waals surface area (Å²) in [6.07, 6.45) is 4.65. The van der Waals surface area contributed by atoms with Crippen LogP contribution < -0.4 is 4.90 Å². The Bertz CT molecular complexity index is 1180. The van der Waals surface area contributed by atoms with Gasteiger partial charge in [-0.2, -0.15) is 0 Å². The minimum absolute atomic E-state index is 0.180. The van der Waals surface area contributed by atoms with Gasteiger partial charge >= 0.3 is 0 Å². The molecule has 1 saturated carbocycles. The standard InChI is InChI=1S/C29H29ClN2O/c30-24-13-11-22(12-14-24)26-18-29(26)20-32(27-10-3-2-9-25(27)29)19-21-7-6-8-23(17-21)28(33)31-15-4-1-5-16-31/h2-3,6-14,17,26H,1,4-5,15-16,18-20H2/t26-,29-/m1/s1. The predicted octanol–water partition coefficient (Wildman–Crippen LogP) is 6.41. The van der Waals surface area contributed by atoms with E-state index in [4.69, 9.17) is 11.6 Å². The Kier molecular flexibility index (Phi) is 5.18. The molecule has 1 aliphatic carbocycles. The lowest BCUT2D eigenvalue weighted by molar-refractivity contribution is 0.0724. The van der Waals surface area contributed by atoms with Crippen molar-refractivity contribution in [1.82, 2.24) is 4.90 Å². The van der Waals surface area contributed by atoms with Crippen LogP contribution in [0.1, 0.15) is 58.6 Å². The number of rotatable bonds is 4. The smallest absolute Gasteiger partial charge is 0.253 e. The molecule has 0 aromatic heterocycles. The van der Waals surface area contributed by atoms with Crippen LogP contribution in [-0.4, -0.2) is 30.4 Å². The SMILES string of the molecule is O=C(c1cccc(CN2C[C@]3(C[C@@H]3c3ccc(Cl)cc3)c3ccccc32)c1)N1CCCCC1. The van der Waals surface area contributed by atoms with Gasteiger partial charge in [0.05, 0.1) is 0 Å². The summed E-state index contributed by atoms with van der Waals surface area (Å²) in [6, 6.07) is 25.5. The normalized spacial score (nSPS) is 23.6. The number of benzene rings is 3. The summed E-state index contributed by atoms with van der Waals surface area (Å²) in [6.45, 7) is 3.62. The largest absolute Gasteiger partial charge is 0.366 e. The third-order valence-corrected chi connectivity index (χ3v) is 8.04. The number of halogens is 1. The van der Waals surface area contributed by atoms with E-state index in [1.54, 1.807) is 0 Å². The van der Waals surface area contributed by atoms with E-state index in [0.717, 1.165) is 49.6 Å². The van der Waals surface area contributed by atoms with Gasteiger partial charge in [0.15, 0.2) is 0 Å². The van der Waals surface area contributed by atoms with Crippen LogP contribution in [0.15, 0.2) is 72.8 Å². The second kappa shape index (κ2) is 8.22. The summed E-state index contributed by atoms with van der Waals surface area (Å²) in [4.78, 5) is 17.6. The van der Waals surface area contributed by atoms with Crippen LogP contribution in [0.3, 0.4) is 0 Å². The number of fused-ring (bicyclic) bond motifs is 2. The molecular weight excluding hydrogens is 428 g/mol. The molecule has 6 rings (SSSR count). The van der Waals surface area contributed by atoms with Crippen molar-refractivity contribution in [1.29, 1.82) is 0 Å². The maximum atomic E-state index is 13.0. The molecule has 1 spiro atoms. The summed E-state index contributed by atoms with van der Waals surface area (Å²) in [5.74, 6) is 0.716. The van der Waals surface area contributed by atoms with Gasteiger partial charge in [0.2, 0.25) is 0 Å². The first-order valence-corrected chi connectivity index (χ1v) is 12.5. The highest BCUT2D eigenvalue weighted by Gasteiger charge is 2.60. The van der Waals surface area contributed by atoms with Crippen LogP contribution in [0.2, 0.25) is 5.02 Å². The molecule has 0 bridgehead atoms. The molecule has 1 saturated heterocycles. The van der Waals surface area contributed by atoms with Crippen LogP contribution in [0.25, 0.3) is 0 Å². The number of likely N-dealkylation sites (tertiary alicyclic amines) is 1. The molecule has 0 unspecified atom stereocenters. The zero-order valence-electron chi connectivity index (χ0n) is 18.8. The maximum Gasteiger partial charge on any atom is 0.253 e. The highest BCUT2D eigenvalue weighted by Crippen LogP contribution is 2.65. The zero-order chi connectivity index (χ0) is 22.4. The molecule has 33 heavy (non-hydrogen) atoms. The number of hydrogen-bond acceptors (Lipinski definition) is 2. The van der Waals surface area contributed by atoms with Gasteiger partial charge < -0.3 is 9.80 Å². The number of anilines is 1. The number of carbonyl (C=O) groups excluding carboxylic acids is 1. The summed E-state index contributed by atoms with van der Waals surface area (Å²) in [5, 5.41) is 0.792. The maximum absolute atomic E-state index is 13.0. The van der Waals surface area contributed by atoms with Gasteiger partial charge in [-0.1, -0.05) is 54.1 Å². The number of hydrogen-bond donors (Lipinski definition) is 0. The minimum atomic E-state index is 0.180. The average Bonchev–Trinajstić information content (AvgIpc) is 3.50.